The molecule has 13 nitrogen and oxygen atoms in total. The Morgan fingerprint density at radius 3 is 1.94 bits per heavy atom. The van der Waals surface area contributed by atoms with Crippen molar-refractivity contribution >= 4 is 29.5 Å². The lowest BCUT2D eigenvalue weighted by molar-refractivity contribution is -0.605. The highest BCUT2D eigenvalue weighted by Gasteiger charge is 2.31. The highest BCUT2D eigenvalue weighted by molar-refractivity contribution is 5.98. The molecule has 288 valence electrons. The van der Waals surface area contributed by atoms with Crippen molar-refractivity contribution in [3.05, 3.63) is 70.4 Å². The molecular weight excluding hydrogens is 683 g/mol. The number of aromatic nitrogens is 1. The van der Waals surface area contributed by atoms with Crippen LogP contribution in [-0.2, 0) is 25.6 Å². The number of hydrogen-bond donors (Lipinski definition) is 6. The zero-order valence-electron chi connectivity index (χ0n) is 30.8. The number of nitrogens with zero attached hydrogens (tertiary/aromatic N) is 1. The number of carbonyl (C=O) groups is 5. The van der Waals surface area contributed by atoms with Gasteiger partial charge in [-0.05, 0) is 56.2 Å². The number of benzene rings is 1. The van der Waals surface area contributed by atoms with Crippen LogP contribution in [0.15, 0.2) is 36.7 Å². The SMILES string of the molecule is CCC[C@H](NC(=O)[C@@H](NC(=O)c1cc[n+]([O-])cc1)[C@@H](C)CC)C(=O)N[C@H](CN[C@@H](C)C(=O)N[C@H](C(=O)NCC)C(C)C)Cc1cc(F)c(F)c(F)c1. The van der Waals surface area contributed by atoms with Crippen LogP contribution in [0.4, 0.5) is 13.2 Å². The molecule has 1 aromatic carbocycles. The van der Waals surface area contributed by atoms with Crippen LogP contribution in [0.3, 0.4) is 0 Å². The minimum Gasteiger partial charge on any atom is -0.619 e. The van der Waals surface area contributed by atoms with Gasteiger partial charge in [0, 0.05) is 31.3 Å². The van der Waals surface area contributed by atoms with Gasteiger partial charge in [0.1, 0.15) is 18.1 Å². The molecule has 1 heterocycles. The lowest BCUT2D eigenvalue weighted by atomic mass is 9.97. The smallest absolute Gasteiger partial charge is 0.252 e. The van der Waals surface area contributed by atoms with E-state index in [-0.39, 0.29) is 48.3 Å². The van der Waals surface area contributed by atoms with Gasteiger partial charge in [-0.25, -0.2) is 13.2 Å². The number of likely N-dealkylation sites (N-methyl/N-ethyl adjacent to an activating group) is 1. The fourth-order valence-electron chi connectivity index (χ4n) is 5.31. The van der Waals surface area contributed by atoms with E-state index in [9.17, 15) is 42.4 Å². The van der Waals surface area contributed by atoms with E-state index in [1.54, 1.807) is 34.6 Å². The van der Waals surface area contributed by atoms with E-state index >= 15 is 0 Å². The van der Waals surface area contributed by atoms with Crippen LogP contribution in [0.5, 0.6) is 0 Å². The summed E-state index contributed by atoms with van der Waals surface area (Å²) in [5, 5.41) is 28.0. The molecule has 2 aromatic rings. The van der Waals surface area contributed by atoms with Crippen LogP contribution >= 0.6 is 0 Å². The summed E-state index contributed by atoms with van der Waals surface area (Å²) in [5.41, 5.74) is 0.183. The molecule has 0 unspecified atom stereocenters. The molecule has 0 saturated heterocycles. The molecule has 2 rings (SSSR count). The Labute approximate surface area is 302 Å². The summed E-state index contributed by atoms with van der Waals surface area (Å²) in [4.78, 5) is 65.8. The fourth-order valence-corrected chi connectivity index (χ4v) is 5.31. The maximum absolute atomic E-state index is 14.1. The molecule has 0 saturated carbocycles. The summed E-state index contributed by atoms with van der Waals surface area (Å²) < 4.78 is 42.5. The summed E-state index contributed by atoms with van der Waals surface area (Å²) in [7, 11) is 0. The maximum Gasteiger partial charge on any atom is 0.252 e. The molecule has 0 radical (unpaired) electrons. The van der Waals surface area contributed by atoms with Crippen molar-refractivity contribution in [2.45, 2.75) is 104 Å². The van der Waals surface area contributed by atoms with Crippen molar-refractivity contribution < 1.29 is 41.9 Å². The zero-order chi connectivity index (χ0) is 39.1. The number of pyridine rings is 1. The molecule has 0 aliphatic heterocycles. The molecule has 1 aromatic heterocycles. The average Bonchev–Trinajstić information content (AvgIpc) is 3.09. The number of halogens is 3. The van der Waals surface area contributed by atoms with Crippen LogP contribution in [0.25, 0.3) is 0 Å². The summed E-state index contributed by atoms with van der Waals surface area (Å²) in [6.45, 7) is 12.5. The van der Waals surface area contributed by atoms with E-state index < -0.39 is 71.3 Å². The first-order valence-corrected chi connectivity index (χ1v) is 17.6. The van der Waals surface area contributed by atoms with E-state index in [1.807, 2.05) is 6.92 Å². The van der Waals surface area contributed by atoms with Crippen LogP contribution < -0.4 is 36.6 Å². The first kappa shape index (κ1) is 43.4. The second-order valence-electron chi connectivity index (χ2n) is 13.2. The van der Waals surface area contributed by atoms with Gasteiger partial charge in [-0.15, -0.1) is 0 Å². The lowest BCUT2D eigenvalue weighted by Crippen LogP contribution is -2.58. The second kappa shape index (κ2) is 21.0. The van der Waals surface area contributed by atoms with Gasteiger partial charge >= 0.3 is 0 Å². The van der Waals surface area contributed by atoms with Crippen LogP contribution in [-0.4, -0.2) is 72.8 Å². The third-order valence-corrected chi connectivity index (χ3v) is 8.59. The van der Waals surface area contributed by atoms with E-state index in [4.69, 9.17) is 0 Å². The van der Waals surface area contributed by atoms with E-state index in [1.165, 1.54) is 19.1 Å². The lowest BCUT2D eigenvalue weighted by Gasteiger charge is -2.28. The standard InChI is InChI=1S/C36H52F3N7O6/c1-8-11-28(43-36(51)31(21(6)9-2)45-33(48)24-12-14-46(52)15-13-24)34(49)42-25(16-23-17-26(37)29(39)27(38)18-23)19-41-22(7)32(47)44-30(20(4)5)35(50)40-10-3/h12-15,17-18,20-22,25,28,30-31,41H,8-11,16,19H2,1-7H3,(H,40,50)(H,42,49)(H,43,51)(H,44,47)(H,45,48)/t21-,22-,25-,28-,30-,31-/m0/s1. The molecular formula is C36H52F3N7O6. The first-order valence-electron chi connectivity index (χ1n) is 17.6. The van der Waals surface area contributed by atoms with Gasteiger partial charge in [0.05, 0.1) is 11.6 Å². The topological polar surface area (TPSA) is 184 Å². The van der Waals surface area contributed by atoms with Gasteiger partial charge < -0.3 is 37.1 Å². The van der Waals surface area contributed by atoms with Gasteiger partial charge in [-0.2, -0.15) is 4.73 Å². The zero-order valence-corrected chi connectivity index (χ0v) is 30.8. The summed E-state index contributed by atoms with van der Waals surface area (Å²) >= 11 is 0. The molecule has 6 atom stereocenters. The van der Waals surface area contributed by atoms with E-state index in [2.05, 4.69) is 31.9 Å². The predicted molar refractivity (Wildman–Crippen MR) is 188 cm³/mol. The third-order valence-electron chi connectivity index (χ3n) is 8.59. The van der Waals surface area contributed by atoms with E-state index in [0.717, 1.165) is 24.5 Å². The van der Waals surface area contributed by atoms with Gasteiger partial charge in [0.15, 0.2) is 29.8 Å². The minimum atomic E-state index is -1.64. The molecule has 52 heavy (non-hydrogen) atoms. The highest BCUT2D eigenvalue weighted by atomic mass is 19.2. The summed E-state index contributed by atoms with van der Waals surface area (Å²) in [6, 6.07) is -0.508. The predicted octanol–water partition coefficient (Wildman–Crippen LogP) is 2.15. The quantitative estimate of drug-likeness (QED) is 0.0684. The Morgan fingerprint density at radius 2 is 1.40 bits per heavy atom. The number of nitrogens with one attached hydrogen (secondary N) is 6. The minimum absolute atomic E-state index is 0.0238. The molecule has 6 N–H and O–H groups in total. The molecule has 16 heteroatoms. The Kier molecular flexibility index (Phi) is 17.5. The Balaban J connectivity index is 2.28. The number of amides is 5. The highest BCUT2D eigenvalue weighted by Crippen LogP contribution is 2.16. The van der Waals surface area contributed by atoms with Crippen molar-refractivity contribution in [2.75, 3.05) is 13.1 Å². The molecule has 0 fully saturated rings. The van der Waals surface area contributed by atoms with Gasteiger partial charge in [-0.1, -0.05) is 47.5 Å². The van der Waals surface area contributed by atoms with Crippen molar-refractivity contribution in [1.82, 2.24) is 31.9 Å². The number of hydrogen-bond acceptors (Lipinski definition) is 7. The average molecular weight is 736 g/mol. The second-order valence-corrected chi connectivity index (χ2v) is 13.2. The van der Waals surface area contributed by atoms with Crippen molar-refractivity contribution in [3.8, 4) is 0 Å². The van der Waals surface area contributed by atoms with E-state index in [0.29, 0.717) is 24.1 Å². The Morgan fingerprint density at radius 1 is 0.788 bits per heavy atom. The normalized spacial score (nSPS) is 14.7. The summed E-state index contributed by atoms with van der Waals surface area (Å²) in [5.74, 6) is -7.76. The maximum atomic E-state index is 14.1. The fraction of sp³-hybridized carbons (Fsp3) is 0.556. The largest absolute Gasteiger partial charge is 0.619 e. The molecule has 5 amide bonds. The van der Waals surface area contributed by atoms with Gasteiger partial charge in [0.2, 0.25) is 23.6 Å². The van der Waals surface area contributed by atoms with Crippen LogP contribution in [0, 0.1) is 34.5 Å². The Hall–Kier alpha value is -4.73. The van der Waals surface area contributed by atoms with Crippen LogP contribution in [0.1, 0.15) is 83.7 Å². The number of carbonyl (C=O) groups excluding carboxylic acids is 5. The molecule has 0 bridgehead atoms. The summed E-state index contributed by atoms with van der Waals surface area (Å²) in [6.07, 6.45) is 3.27. The number of rotatable bonds is 20. The van der Waals surface area contributed by atoms with Crippen molar-refractivity contribution in [1.29, 1.82) is 0 Å². The molecule has 0 aliphatic rings. The van der Waals surface area contributed by atoms with Gasteiger partial charge in [-0.3, -0.25) is 24.0 Å². The monoisotopic (exact) mass is 735 g/mol. The third kappa shape index (κ3) is 13.1. The first-order chi connectivity index (χ1) is 24.5. The molecule has 0 spiro atoms. The Bertz CT molecular complexity index is 1510. The van der Waals surface area contributed by atoms with Crippen molar-refractivity contribution in [2.24, 2.45) is 11.8 Å². The molecule has 0 aliphatic carbocycles. The van der Waals surface area contributed by atoms with Crippen molar-refractivity contribution in [3.63, 3.8) is 0 Å². The van der Waals surface area contributed by atoms with Gasteiger partial charge in [0.25, 0.3) is 5.91 Å². The van der Waals surface area contributed by atoms with Crippen LogP contribution in [0.2, 0.25) is 0 Å².